The summed E-state index contributed by atoms with van der Waals surface area (Å²) in [5, 5.41) is 20.9. The van der Waals surface area contributed by atoms with E-state index >= 15 is 0 Å². The van der Waals surface area contributed by atoms with Gasteiger partial charge in [0.25, 0.3) is 0 Å². The van der Waals surface area contributed by atoms with Gasteiger partial charge in [0, 0.05) is 6.61 Å². The maximum atomic E-state index is 9.40. The van der Waals surface area contributed by atoms with Crippen molar-refractivity contribution < 1.29 is 10.2 Å². The number of hydrogen-bond donors (Lipinski definition) is 3. The first kappa shape index (κ1) is 12.9. The summed E-state index contributed by atoms with van der Waals surface area (Å²) < 4.78 is 0. The van der Waals surface area contributed by atoms with E-state index in [-0.39, 0.29) is 12.8 Å². The van der Waals surface area contributed by atoms with Crippen LogP contribution in [-0.2, 0) is 0 Å². The van der Waals surface area contributed by atoms with E-state index in [9.17, 15) is 5.11 Å². The molecule has 0 saturated heterocycles. The minimum Gasteiger partial charge on any atom is -0.396 e. The van der Waals surface area contributed by atoms with Crippen molar-refractivity contribution in [3.8, 4) is 0 Å². The van der Waals surface area contributed by atoms with Crippen molar-refractivity contribution in [2.75, 3.05) is 13.2 Å². The van der Waals surface area contributed by atoms with E-state index in [0.29, 0.717) is 0 Å². The number of unbranched alkanes of at least 4 members (excludes halogenated alkanes) is 3. The molecule has 3 N–H and O–H groups in total. The summed E-state index contributed by atoms with van der Waals surface area (Å²) in [6.45, 7) is 3.20. The lowest BCUT2D eigenvalue weighted by molar-refractivity contribution is 0.123. The molecule has 0 radical (unpaired) electrons. The van der Waals surface area contributed by atoms with Gasteiger partial charge in [-0.2, -0.15) is 0 Å². The predicted octanol–water partition coefficient (Wildman–Crippen LogP) is 1.25. The molecule has 3 nitrogen and oxygen atoms in total. The predicted molar refractivity (Wildman–Crippen MR) is 54.5 cm³/mol. The summed E-state index contributed by atoms with van der Waals surface area (Å²) >= 11 is 0. The molecule has 0 aliphatic rings. The normalized spacial score (nSPS) is 13.2. The van der Waals surface area contributed by atoms with Gasteiger partial charge >= 0.3 is 0 Å². The molecule has 1 atom stereocenters. The highest BCUT2D eigenvalue weighted by atomic mass is 16.3. The molecule has 3 heteroatoms. The van der Waals surface area contributed by atoms with Gasteiger partial charge in [0.05, 0.1) is 0 Å². The third-order valence-corrected chi connectivity index (χ3v) is 2.05. The van der Waals surface area contributed by atoms with E-state index in [1.54, 1.807) is 0 Å². The van der Waals surface area contributed by atoms with Crippen molar-refractivity contribution in [2.24, 2.45) is 0 Å². The topological polar surface area (TPSA) is 52.5 Å². The average Bonchev–Trinajstić information content (AvgIpc) is 2.13. The molecule has 0 aromatic rings. The second-order valence-corrected chi connectivity index (χ2v) is 3.40. The molecule has 0 aliphatic carbocycles. The molecular weight excluding hydrogens is 166 g/mol. The molecule has 0 saturated carbocycles. The molecule has 0 heterocycles. The van der Waals surface area contributed by atoms with E-state index in [2.05, 4.69) is 12.2 Å². The van der Waals surface area contributed by atoms with E-state index in [1.165, 1.54) is 12.8 Å². The Bertz CT molecular complexity index is 98.9. The molecule has 0 aliphatic heterocycles. The summed E-state index contributed by atoms with van der Waals surface area (Å²) in [6, 6.07) is 0. The summed E-state index contributed by atoms with van der Waals surface area (Å²) in [5.74, 6) is 0. The lowest BCUT2D eigenvalue weighted by Gasteiger charge is -2.11. The molecule has 13 heavy (non-hydrogen) atoms. The van der Waals surface area contributed by atoms with Crippen LogP contribution in [0.5, 0.6) is 0 Å². The summed E-state index contributed by atoms with van der Waals surface area (Å²) in [5.41, 5.74) is 0. The first-order valence-corrected chi connectivity index (χ1v) is 5.33. The van der Waals surface area contributed by atoms with Crippen LogP contribution in [0.4, 0.5) is 0 Å². The van der Waals surface area contributed by atoms with Gasteiger partial charge in [0.1, 0.15) is 6.23 Å². The molecule has 0 bridgehead atoms. The van der Waals surface area contributed by atoms with E-state index in [4.69, 9.17) is 5.11 Å². The Kier molecular flexibility index (Phi) is 9.87. The standard InChI is InChI=1S/C10H23NO2/c1-2-3-4-7-10(13)11-8-5-6-9-12/h10-13H,2-9H2,1H3. The van der Waals surface area contributed by atoms with Crippen molar-refractivity contribution in [1.29, 1.82) is 0 Å². The van der Waals surface area contributed by atoms with Gasteiger partial charge < -0.3 is 10.2 Å². The quantitative estimate of drug-likeness (QED) is 0.378. The van der Waals surface area contributed by atoms with E-state index in [1.807, 2.05) is 0 Å². The maximum absolute atomic E-state index is 9.40. The Balaban J connectivity index is 3.05. The van der Waals surface area contributed by atoms with Gasteiger partial charge in [-0.3, -0.25) is 5.32 Å². The second-order valence-electron chi connectivity index (χ2n) is 3.40. The molecule has 0 aromatic heterocycles. The Hall–Kier alpha value is -0.120. The van der Waals surface area contributed by atoms with Crippen LogP contribution < -0.4 is 5.32 Å². The molecule has 0 spiro atoms. The fraction of sp³-hybridized carbons (Fsp3) is 1.00. The third kappa shape index (κ3) is 9.80. The second kappa shape index (κ2) is 9.96. The molecule has 0 aromatic carbocycles. The lowest BCUT2D eigenvalue weighted by atomic mass is 10.2. The summed E-state index contributed by atoms with van der Waals surface area (Å²) in [4.78, 5) is 0. The Morgan fingerprint density at radius 2 is 1.92 bits per heavy atom. The molecule has 80 valence electrons. The van der Waals surface area contributed by atoms with Crippen LogP contribution in [0, 0.1) is 0 Å². The van der Waals surface area contributed by atoms with Gasteiger partial charge in [0.2, 0.25) is 0 Å². The fourth-order valence-electron chi connectivity index (χ4n) is 1.20. The van der Waals surface area contributed by atoms with Crippen LogP contribution in [0.3, 0.4) is 0 Å². The Morgan fingerprint density at radius 3 is 2.54 bits per heavy atom. The number of hydrogen-bond acceptors (Lipinski definition) is 3. The van der Waals surface area contributed by atoms with Crippen LogP contribution in [-0.4, -0.2) is 29.6 Å². The van der Waals surface area contributed by atoms with Gasteiger partial charge in [-0.05, 0) is 32.2 Å². The van der Waals surface area contributed by atoms with Gasteiger partial charge in [-0.25, -0.2) is 0 Å². The largest absolute Gasteiger partial charge is 0.396 e. The molecule has 0 amide bonds. The van der Waals surface area contributed by atoms with Crippen LogP contribution >= 0.6 is 0 Å². The number of nitrogens with one attached hydrogen (secondary N) is 1. The zero-order valence-electron chi connectivity index (χ0n) is 8.63. The van der Waals surface area contributed by atoms with Gasteiger partial charge in [-0.1, -0.05) is 19.8 Å². The van der Waals surface area contributed by atoms with Crippen molar-refractivity contribution in [2.45, 2.75) is 51.7 Å². The zero-order valence-corrected chi connectivity index (χ0v) is 8.63. The van der Waals surface area contributed by atoms with Crippen molar-refractivity contribution >= 4 is 0 Å². The summed E-state index contributed by atoms with van der Waals surface area (Å²) in [7, 11) is 0. The monoisotopic (exact) mass is 189 g/mol. The van der Waals surface area contributed by atoms with Crippen molar-refractivity contribution in [1.82, 2.24) is 5.32 Å². The van der Waals surface area contributed by atoms with Crippen molar-refractivity contribution in [3.05, 3.63) is 0 Å². The molecule has 0 rings (SSSR count). The highest BCUT2D eigenvalue weighted by Crippen LogP contribution is 2.01. The third-order valence-electron chi connectivity index (χ3n) is 2.05. The van der Waals surface area contributed by atoms with Crippen LogP contribution in [0.2, 0.25) is 0 Å². The number of aliphatic hydroxyl groups is 2. The lowest BCUT2D eigenvalue weighted by Crippen LogP contribution is -2.29. The average molecular weight is 189 g/mol. The molecule has 1 unspecified atom stereocenters. The van der Waals surface area contributed by atoms with Crippen molar-refractivity contribution in [3.63, 3.8) is 0 Å². The summed E-state index contributed by atoms with van der Waals surface area (Å²) in [6.07, 6.45) is 5.70. The fourth-order valence-corrected chi connectivity index (χ4v) is 1.20. The first-order chi connectivity index (χ1) is 6.31. The zero-order chi connectivity index (χ0) is 9.94. The van der Waals surface area contributed by atoms with Crippen LogP contribution in [0.15, 0.2) is 0 Å². The first-order valence-electron chi connectivity index (χ1n) is 5.33. The Labute approximate surface area is 81.2 Å². The van der Waals surface area contributed by atoms with E-state index < -0.39 is 0 Å². The van der Waals surface area contributed by atoms with Gasteiger partial charge in [-0.15, -0.1) is 0 Å². The molecular formula is C10H23NO2. The van der Waals surface area contributed by atoms with Crippen LogP contribution in [0.1, 0.15) is 45.4 Å². The highest BCUT2D eigenvalue weighted by Gasteiger charge is 2.00. The maximum Gasteiger partial charge on any atom is 0.104 e. The smallest absolute Gasteiger partial charge is 0.104 e. The highest BCUT2D eigenvalue weighted by molar-refractivity contribution is 4.54. The van der Waals surface area contributed by atoms with Gasteiger partial charge in [0.15, 0.2) is 0 Å². The minimum absolute atomic E-state index is 0.244. The van der Waals surface area contributed by atoms with Crippen LogP contribution in [0.25, 0.3) is 0 Å². The number of aliphatic hydroxyl groups excluding tert-OH is 2. The molecule has 0 fully saturated rings. The number of rotatable bonds is 9. The SMILES string of the molecule is CCCCCC(O)NCCCCO. The Morgan fingerprint density at radius 1 is 1.15 bits per heavy atom. The van der Waals surface area contributed by atoms with E-state index in [0.717, 1.165) is 32.2 Å². The minimum atomic E-state index is -0.356.